The van der Waals surface area contributed by atoms with Crippen LogP contribution in [0.15, 0.2) is 89.7 Å². The summed E-state index contributed by atoms with van der Waals surface area (Å²) in [5, 5.41) is 3.43. The van der Waals surface area contributed by atoms with Crippen molar-refractivity contribution in [1.82, 2.24) is 10.4 Å². The number of anilines is 1. The number of aryl methyl sites for hydroxylation is 1. The lowest BCUT2D eigenvalue weighted by molar-refractivity contribution is 0.0813. The minimum Gasteiger partial charge on any atom is -0.342 e. The van der Waals surface area contributed by atoms with Crippen molar-refractivity contribution < 1.29 is 9.63 Å². The zero-order valence-corrected chi connectivity index (χ0v) is 18.7. The Hall–Kier alpha value is -3.90. The molecule has 0 fully saturated rings. The lowest BCUT2D eigenvalue weighted by atomic mass is 9.99. The molecule has 33 heavy (non-hydrogen) atoms. The number of nitrogens with zero attached hydrogens (tertiary/aromatic N) is 2. The fourth-order valence-electron chi connectivity index (χ4n) is 4.40. The second kappa shape index (κ2) is 8.92. The number of hydrogen-bond acceptors (Lipinski definition) is 5. The summed E-state index contributed by atoms with van der Waals surface area (Å²) in [6, 6.07) is 23.9. The van der Waals surface area contributed by atoms with Gasteiger partial charge in [0.15, 0.2) is 0 Å². The van der Waals surface area contributed by atoms with Crippen molar-refractivity contribution in [3.05, 3.63) is 101 Å². The van der Waals surface area contributed by atoms with Crippen LogP contribution in [0.5, 0.6) is 0 Å². The van der Waals surface area contributed by atoms with Crippen molar-refractivity contribution in [2.24, 2.45) is 4.99 Å². The first-order chi connectivity index (χ1) is 16.1. The molecule has 1 unspecified atom stereocenters. The molecule has 5 rings (SSSR count). The number of carbonyl (C=O) groups is 1. The first-order valence-corrected chi connectivity index (χ1v) is 11.0. The van der Waals surface area contributed by atoms with E-state index in [0.29, 0.717) is 18.5 Å². The fraction of sp³-hybridized carbons (Fsp3) is 0.185. The van der Waals surface area contributed by atoms with Gasteiger partial charge in [0.25, 0.3) is 5.91 Å². The van der Waals surface area contributed by atoms with E-state index in [1.54, 1.807) is 12.0 Å². The van der Waals surface area contributed by atoms with E-state index in [0.717, 1.165) is 28.3 Å². The first kappa shape index (κ1) is 21.0. The van der Waals surface area contributed by atoms with Crippen LogP contribution >= 0.6 is 0 Å². The molecule has 0 aromatic heterocycles. The average Bonchev–Trinajstić information content (AvgIpc) is 3.28. The molecule has 6 heteroatoms. The van der Waals surface area contributed by atoms with Gasteiger partial charge in [-0.25, -0.2) is 0 Å². The minimum absolute atomic E-state index is 0.0763. The van der Waals surface area contributed by atoms with E-state index in [2.05, 4.69) is 35.9 Å². The van der Waals surface area contributed by atoms with E-state index in [1.807, 2.05) is 60.8 Å². The Morgan fingerprint density at radius 3 is 2.61 bits per heavy atom. The van der Waals surface area contributed by atoms with Crippen LogP contribution in [0.1, 0.15) is 27.9 Å². The van der Waals surface area contributed by atoms with E-state index in [9.17, 15) is 4.79 Å². The van der Waals surface area contributed by atoms with Crippen molar-refractivity contribution in [2.45, 2.75) is 25.9 Å². The molecule has 2 aliphatic heterocycles. The molecular formula is C27H26N4O2. The fourth-order valence-corrected chi connectivity index (χ4v) is 4.40. The maximum Gasteiger partial charge on any atom is 0.258 e. The monoisotopic (exact) mass is 438 g/mol. The summed E-state index contributed by atoms with van der Waals surface area (Å²) in [5.41, 5.74) is 9.99. The summed E-state index contributed by atoms with van der Waals surface area (Å²) in [7, 11) is 1.57. The molecule has 3 aromatic carbocycles. The van der Waals surface area contributed by atoms with E-state index in [1.165, 1.54) is 11.1 Å². The van der Waals surface area contributed by atoms with Crippen molar-refractivity contribution in [1.29, 1.82) is 0 Å². The zero-order valence-electron chi connectivity index (χ0n) is 18.7. The Morgan fingerprint density at radius 1 is 1.06 bits per heavy atom. The Balaban J connectivity index is 1.41. The van der Waals surface area contributed by atoms with Crippen LogP contribution in [-0.2, 0) is 11.4 Å². The normalized spacial score (nSPS) is 17.0. The quantitative estimate of drug-likeness (QED) is 0.557. The number of para-hydroxylation sites is 1. The number of aliphatic imine (C=N–C) groups is 1. The van der Waals surface area contributed by atoms with E-state index >= 15 is 0 Å². The number of hydroxylamine groups is 1. The highest BCUT2D eigenvalue weighted by Crippen LogP contribution is 2.29. The van der Waals surface area contributed by atoms with E-state index in [4.69, 9.17) is 9.83 Å². The molecule has 2 heterocycles. The van der Waals surface area contributed by atoms with Gasteiger partial charge in [-0.05, 0) is 47.4 Å². The number of rotatable bonds is 5. The summed E-state index contributed by atoms with van der Waals surface area (Å²) >= 11 is 0. The van der Waals surface area contributed by atoms with Crippen LogP contribution in [-0.4, -0.2) is 29.8 Å². The summed E-state index contributed by atoms with van der Waals surface area (Å²) in [4.78, 5) is 25.1. The third-order valence-electron chi connectivity index (χ3n) is 6.12. The van der Waals surface area contributed by atoms with Gasteiger partial charge < -0.3 is 10.2 Å². The maximum absolute atomic E-state index is 13.5. The van der Waals surface area contributed by atoms with Crippen LogP contribution in [0.2, 0.25) is 0 Å². The highest BCUT2D eigenvalue weighted by atomic mass is 16.6. The standard InChI is InChI=1S/C27H26N4O2/c1-18-7-3-5-9-23(18)19-11-13-20(14-12-19)27(32)31-17-22(30-33-2)15-25(31)26-28-16-21-8-4-6-10-24(21)29-26/h3-14,17,25,30H,15-16H2,1-2H3,(H,28,29). The van der Waals surface area contributed by atoms with E-state index < -0.39 is 0 Å². The molecular weight excluding hydrogens is 412 g/mol. The smallest absolute Gasteiger partial charge is 0.258 e. The highest BCUT2D eigenvalue weighted by Gasteiger charge is 2.35. The Kier molecular flexibility index (Phi) is 5.67. The second-order valence-corrected chi connectivity index (χ2v) is 8.27. The number of fused-ring (bicyclic) bond motifs is 1. The predicted octanol–water partition coefficient (Wildman–Crippen LogP) is 4.89. The molecule has 0 saturated carbocycles. The summed E-state index contributed by atoms with van der Waals surface area (Å²) in [6.45, 7) is 2.68. The topological polar surface area (TPSA) is 66.0 Å². The number of benzene rings is 3. The number of hydrogen-bond donors (Lipinski definition) is 2. The van der Waals surface area contributed by atoms with E-state index in [-0.39, 0.29) is 11.9 Å². The van der Waals surface area contributed by atoms with Crippen molar-refractivity contribution in [2.75, 3.05) is 12.4 Å². The average molecular weight is 439 g/mol. The van der Waals surface area contributed by atoms with Crippen molar-refractivity contribution in [3.8, 4) is 11.1 Å². The molecule has 2 N–H and O–H groups in total. The SMILES string of the molecule is CONC1=CN(C(=O)c2ccc(-c3ccccc3C)cc2)C(C2=NCc3ccccc3N2)C1. The molecule has 0 saturated heterocycles. The third kappa shape index (κ3) is 4.13. The van der Waals surface area contributed by atoms with Crippen LogP contribution < -0.4 is 10.8 Å². The molecule has 3 aromatic rings. The Labute approximate surface area is 193 Å². The van der Waals surface area contributed by atoms with Gasteiger partial charge in [0.05, 0.1) is 25.4 Å². The minimum atomic E-state index is -0.237. The largest absolute Gasteiger partial charge is 0.342 e. The van der Waals surface area contributed by atoms with Crippen LogP contribution in [0.25, 0.3) is 11.1 Å². The lowest BCUT2D eigenvalue weighted by Crippen LogP contribution is -2.43. The number of nitrogens with one attached hydrogen (secondary N) is 2. The predicted molar refractivity (Wildman–Crippen MR) is 131 cm³/mol. The van der Waals surface area contributed by atoms with Crippen molar-refractivity contribution in [3.63, 3.8) is 0 Å². The van der Waals surface area contributed by atoms with Gasteiger partial charge in [-0.3, -0.25) is 20.1 Å². The summed E-state index contributed by atoms with van der Waals surface area (Å²) < 4.78 is 0. The highest BCUT2D eigenvalue weighted by molar-refractivity contribution is 6.06. The zero-order chi connectivity index (χ0) is 22.8. The molecule has 0 bridgehead atoms. The molecule has 6 nitrogen and oxygen atoms in total. The number of amides is 1. The number of amidine groups is 1. The van der Waals surface area contributed by atoms with Gasteiger partial charge in [0, 0.05) is 23.9 Å². The maximum atomic E-state index is 13.5. The molecule has 2 aliphatic rings. The molecule has 1 amide bonds. The van der Waals surface area contributed by atoms with Crippen LogP contribution in [0.4, 0.5) is 5.69 Å². The van der Waals surface area contributed by atoms with Gasteiger partial charge in [-0.1, -0.05) is 54.6 Å². The summed E-state index contributed by atoms with van der Waals surface area (Å²) in [6.07, 6.45) is 2.41. The summed E-state index contributed by atoms with van der Waals surface area (Å²) in [5.74, 6) is 0.704. The molecule has 0 aliphatic carbocycles. The number of carbonyl (C=O) groups excluding carboxylic acids is 1. The van der Waals surface area contributed by atoms with Crippen LogP contribution in [0, 0.1) is 6.92 Å². The molecule has 1 atom stereocenters. The van der Waals surface area contributed by atoms with Crippen molar-refractivity contribution >= 4 is 17.4 Å². The van der Waals surface area contributed by atoms with Gasteiger partial charge in [-0.15, -0.1) is 0 Å². The van der Waals surface area contributed by atoms with Gasteiger partial charge in [-0.2, -0.15) is 0 Å². The van der Waals surface area contributed by atoms with Gasteiger partial charge in [0.2, 0.25) is 0 Å². The first-order valence-electron chi connectivity index (χ1n) is 11.0. The Morgan fingerprint density at radius 2 is 1.82 bits per heavy atom. The lowest BCUT2D eigenvalue weighted by Gasteiger charge is -2.28. The molecule has 166 valence electrons. The second-order valence-electron chi connectivity index (χ2n) is 8.27. The Bertz CT molecular complexity index is 1250. The van der Waals surface area contributed by atoms with Gasteiger partial charge in [0.1, 0.15) is 5.84 Å². The molecule has 0 spiro atoms. The van der Waals surface area contributed by atoms with Gasteiger partial charge >= 0.3 is 0 Å². The third-order valence-corrected chi connectivity index (χ3v) is 6.12. The van der Waals surface area contributed by atoms with Crippen LogP contribution in [0.3, 0.4) is 0 Å². The molecule has 0 radical (unpaired) electrons.